The summed E-state index contributed by atoms with van der Waals surface area (Å²) < 4.78 is 12.9. The third-order valence-electron chi connectivity index (χ3n) is 4.14. The highest BCUT2D eigenvalue weighted by atomic mass is 32.2. The first-order valence-corrected chi connectivity index (χ1v) is 8.85. The van der Waals surface area contributed by atoms with Gasteiger partial charge in [-0.2, -0.15) is 0 Å². The van der Waals surface area contributed by atoms with Gasteiger partial charge in [0, 0.05) is 16.9 Å². The highest BCUT2D eigenvalue weighted by molar-refractivity contribution is 7.99. The number of allylic oxidation sites excluding steroid dienone is 1. The number of carbonyl (C=O) groups excluding carboxylic acids is 1. The molecule has 0 aromatic heterocycles. The van der Waals surface area contributed by atoms with E-state index in [0.29, 0.717) is 18.4 Å². The van der Waals surface area contributed by atoms with Gasteiger partial charge in [0.1, 0.15) is 5.82 Å². The van der Waals surface area contributed by atoms with Crippen LogP contribution in [0.4, 0.5) is 4.39 Å². The van der Waals surface area contributed by atoms with E-state index in [1.165, 1.54) is 46.9 Å². The van der Waals surface area contributed by atoms with E-state index in [4.69, 9.17) is 0 Å². The van der Waals surface area contributed by atoms with Crippen molar-refractivity contribution in [1.29, 1.82) is 0 Å². The Morgan fingerprint density at radius 1 is 1.09 bits per heavy atom. The summed E-state index contributed by atoms with van der Waals surface area (Å²) in [6.45, 7) is 4.13. The Bertz CT molecular complexity index is 734. The van der Waals surface area contributed by atoms with Gasteiger partial charge in [-0.05, 0) is 72.0 Å². The van der Waals surface area contributed by atoms with Gasteiger partial charge in [-0.1, -0.05) is 18.7 Å². The third kappa shape index (κ3) is 3.91. The molecule has 23 heavy (non-hydrogen) atoms. The molecule has 0 fully saturated rings. The van der Waals surface area contributed by atoms with Gasteiger partial charge >= 0.3 is 0 Å². The van der Waals surface area contributed by atoms with Gasteiger partial charge in [0.05, 0.1) is 0 Å². The van der Waals surface area contributed by atoms with Crippen LogP contribution in [0.3, 0.4) is 0 Å². The Balaban J connectivity index is 1.63. The van der Waals surface area contributed by atoms with Crippen molar-refractivity contribution in [3.05, 3.63) is 71.6 Å². The van der Waals surface area contributed by atoms with Gasteiger partial charge < -0.3 is 0 Å². The summed E-state index contributed by atoms with van der Waals surface area (Å²) in [7, 11) is 0. The molecule has 0 aliphatic carbocycles. The number of Topliss-reactive ketones (excluding diaryl/α,β-unsaturated/α-hetero) is 1. The quantitative estimate of drug-likeness (QED) is 0.671. The number of hydrogen-bond donors (Lipinski definition) is 0. The van der Waals surface area contributed by atoms with Crippen molar-refractivity contribution >= 4 is 23.1 Å². The Kier molecular flexibility index (Phi) is 4.97. The molecule has 3 heteroatoms. The van der Waals surface area contributed by atoms with Crippen LogP contribution < -0.4 is 0 Å². The highest BCUT2D eigenvalue weighted by Gasteiger charge is 2.12. The molecule has 1 nitrogen and oxygen atoms in total. The summed E-state index contributed by atoms with van der Waals surface area (Å²) in [4.78, 5) is 13.5. The molecule has 0 spiro atoms. The number of aryl methyl sites for hydroxylation is 1. The largest absolute Gasteiger partial charge is 0.294 e. The van der Waals surface area contributed by atoms with Gasteiger partial charge in [-0.3, -0.25) is 4.79 Å². The zero-order chi connectivity index (χ0) is 16.2. The molecule has 0 atom stereocenters. The Hall–Kier alpha value is -1.87. The first-order chi connectivity index (χ1) is 11.1. The highest BCUT2D eigenvalue weighted by Crippen LogP contribution is 2.32. The lowest BCUT2D eigenvalue weighted by Gasteiger charge is -2.16. The zero-order valence-corrected chi connectivity index (χ0v) is 13.8. The first-order valence-electron chi connectivity index (χ1n) is 7.86. The number of carbonyl (C=O) groups is 1. The molecule has 3 rings (SSSR count). The van der Waals surface area contributed by atoms with Crippen LogP contribution in [0.1, 0.15) is 40.7 Å². The van der Waals surface area contributed by atoms with Crippen molar-refractivity contribution in [3.8, 4) is 0 Å². The molecule has 0 saturated heterocycles. The fourth-order valence-corrected chi connectivity index (χ4v) is 3.79. The van der Waals surface area contributed by atoms with E-state index in [2.05, 4.69) is 24.8 Å². The van der Waals surface area contributed by atoms with Crippen molar-refractivity contribution < 1.29 is 9.18 Å². The van der Waals surface area contributed by atoms with Crippen LogP contribution in [0.5, 0.6) is 0 Å². The maximum absolute atomic E-state index is 12.9. The van der Waals surface area contributed by atoms with Crippen molar-refractivity contribution in [2.75, 3.05) is 5.75 Å². The topological polar surface area (TPSA) is 17.1 Å². The lowest BCUT2D eigenvalue weighted by Crippen LogP contribution is -2.01. The van der Waals surface area contributed by atoms with E-state index in [-0.39, 0.29) is 11.6 Å². The van der Waals surface area contributed by atoms with Gasteiger partial charge in [0.15, 0.2) is 5.78 Å². The summed E-state index contributed by atoms with van der Waals surface area (Å²) in [5, 5.41) is 0. The second kappa shape index (κ2) is 7.14. The second-order valence-electron chi connectivity index (χ2n) is 5.81. The third-order valence-corrected chi connectivity index (χ3v) is 5.34. The average molecular weight is 326 g/mol. The molecule has 0 bridgehead atoms. The summed E-state index contributed by atoms with van der Waals surface area (Å²) in [5.41, 5.74) is 4.06. The van der Waals surface area contributed by atoms with E-state index in [0.717, 1.165) is 17.6 Å². The minimum Gasteiger partial charge on any atom is -0.294 e. The fraction of sp³-hybridized carbons (Fsp3) is 0.250. The molecule has 2 aromatic rings. The number of rotatable bonds is 5. The smallest absolute Gasteiger partial charge is 0.163 e. The minimum atomic E-state index is -0.321. The maximum Gasteiger partial charge on any atom is 0.163 e. The molecule has 1 aliphatic rings. The molecule has 2 aromatic carbocycles. The first kappa shape index (κ1) is 16.0. The van der Waals surface area contributed by atoms with Crippen molar-refractivity contribution in [1.82, 2.24) is 0 Å². The molecule has 118 valence electrons. The SMILES string of the molecule is C=C(CCC(=O)c1ccc(F)cc1)c1ccc2c(c1)CCCS2. The molecule has 1 aliphatic heterocycles. The molecule has 0 saturated carbocycles. The van der Waals surface area contributed by atoms with E-state index < -0.39 is 0 Å². The monoisotopic (exact) mass is 326 g/mol. The van der Waals surface area contributed by atoms with Crippen molar-refractivity contribution in [3.63, 3.8) is 0 Å². The van der Waals surface area contributed by atoms with Crippen LogP contribution in [-0.2, 0) is 6.42 Å². The molecular weight excluding hydrogens is 307 g/mol. The predicted molar refractivity (Wildman–Crippen MR) is 94.5 cm³/mol. The lowest BCUT2D eigenvalue weighted by atomic mass is 9.96. The normalized spacial score (nSPS) is 13.4. The summed E-state index contributed by atoms with van der Waals surface area (Å²) in [6.07, 6.45) is 3.37. The van der Waals surface area contributed by atoms with Gasteiger partial charge in [0.2, 0.25) is 0 Å². The second-order valence-corrected chi connectivity index (χ2v) is 6.94. The van der Waals surface area contributed by atoms with Crippen molar-refractivity contribution in [2.45, 2.75) is 30.6 Å². The van der Waals surface area contributed by atoms with E-state index in [1.54, 1.807) is 0 Å². The molecule has 0 amide bonds. The number of thioether (sulfide) groups is 1. The van der Waals surface area contributed by atoms with E-state index in [1.807, 2.05) is 11.8 Å². The van der Waals surface area contributed by atoms with Gasteiger partial charge in [-0.15, -0.1) is 11.8 Å². The Morgan fingerprint density at radius 2 is 1.83 bits per heavy atom. The van der Waals surface area contributed by atoms with Crippen molar-refractivity contribution in [2.24, 2.45) is 0 Å². The summed E-state index contributed by atoms with van der Waals surface area (Å²) in [5.74, 6) is 0.900. The lowest BCUT2D eigenvalue weighted by molar-refractivity contribution is 0.0984. The summed E-state index contributed by atoms with van der Waals surface area (Å²) >= 11 is 1.91. The molecule has 0 N–H and O–H groups in total. The van der Waals surface area contributed by atoms with Crippen LogP contribution in [0.25, 0.3) is 5.57 Å². The summed E-state index contributed by atoms with van der Waals surface area (Å²) in [6, 6.07) is 12.2. The molecule has 1 heterocycles. The van der Waals surface area contributed by atoms with Crippen LogP contribution >= 0.6 is 11.8 Å². The Morgan fingerprint density at radius 3 is 2.61 bits per heavy atom. The number of benzene rings is 2. The molecule has 0 radical (unpaired) electrons. The van der Waals surface area contributed by atoms with Gasteiger partial charge in [-0.25, -0.2) is 4.39 Å². The number of hydrogen-bond acceptors (Lipinski definition) is 2. The van der Waals surface area contributed by atoms with Crippen LogP contribution in [0.2, 0.25) is 0 Å². The number of fused-ring (bicyclic) bond motifs is 1. The maximum atomic E-state index is 12.9. The van der Waals surface area contributed by atoms with Crippen LogP contribution in [-0.4, -0.2) is 11.5 Å². The van der Waals surface area contributed by atoms with E-state index in [9.17, 15) is 9.18 Å². The minimum absolute atomic E-state index is 0.0275. The Labute approximate surface area is 140 Å². The zero-order valence-electron chi connectivity index (χ0n) is 13.0. The predicted octanol–water partition coefficient (Wildman–Crippen LogP) is 5.54. The fourth-order valence-electron chi connectivity index (χ4n) is 2.77. The molecule has 0 unspecified atom stereocenters. The molecular formula is C20H19FOS. The van der Waals surface area contributed by atoms with Gasteiger partial charge in [0.25, 0.3) is 0 Å². The number of halogens is 1. The van der Waals surface area contributed by atoms with Crippen LogP contribution in [0.15, 0.2) is 53.9 Å². The number of ketones is 1. The van der Waals surface area contributed by atoms with Crippen LogP contribution in [0, 0.1) is 5.82 Å². The van der Waals surface area contributed by atoms with E-state index >= 15 is 0 Å². The average Bonchev–Trinajstić information content (AvgIpc) is 2.59. The standard InChI is InChI=1S/C20H19FOS/c1-14(4-10-19(22)15-5-8-18(21)9-6-15)16-7-11-20-17(13-16)3-2-12-23-20/h5-9,11,13H,1-4,10,12H2.